The Morgan fingerprint density at radius 3 is 2.41 bits per heavy atom. The highest BCUT2D eigenvalue weighted by Gasteiger charge is 2.23. The average molecular weight is 233 g/mol. The van der Waals surface area contributed by atoms with Gasteiger partial charge in [-0.3, -0.25) is 4.68 Å². The molecule has 2 aromatic heterocycles. The van der Waals surface area contributed by atoms with Gasteiger partial charge in [0.25, 0.3) is 0 Å². The first kappa shape index (κ1) is 11.9. The lowest BCUT2D eigenvalue weighted by atomic mass is 9.99. The maximum Gasteiger partial charge on any atom is 0.106 e. The van der Waals surface area contributed by atoms with Gasteiger partial charge in [-0.05, 0) is 39.4 Å². The number of nitrogens with zero attached hydrogens (tertiary/aromatic N) is 2. The lowest BCUT2D eigenvalue weighted by molar-refractivity contribution is 0.493. The number of aryl methyl sites for hydroxylation is 3. The van der Waals surface area contributed by atoms with E-state index in [-0.39, 0.29) is 6.04 Å². The molecule has 17 heavy (non-hydrogen) atoms. The summed E-state index contributed by atoms with van der Waals surface area (Å²) in [7, 11) is 3.91. The van der Waals surface area contributed by atoms with Crippen molar-refractivity contribution in [3.63, 3.8) is 0 Å². The number of nitrogens with one attached hydrogen (secondary N) is 1. The number of hydrogen-bond donors (Lipinski definition) is 1. The first-order chi connectivity index (χ1) is 8.06. The van der Waals surface area contributed by atoms with E-state index >= 15 is 0 Å². The topological polar surface area (TPSA) is 43.0 Å². The predicted octanol–water partition coefficient (Wildman–Crippen LogP) is 2.25. The summed E-state index contributed by atoms with van der Waals surface area (Å²) in [5.74, 6) is 1.96. The first-order valence-electron chi connectivity index (χ1n) is 5.78. The third-order valence-electron chi connectivity index (χ3n) is 3.35. The highest BCUT2D eigenvalue weighted by Crippen LogP contribution is 2.30. The standard InChI is InChI=1S/C13H19N3O/c1-8-9(2)17-10(3)12(8)13(14-4)11-6-7-15-16(11)5/h6-7,13-14H,1-5H3. The van der Waals surface area contributed by atoms with Gasteiger partial charge in [0.2, 0.25) is 0 Å². The molecule has 0 aliphatic carbocycles. The van der Waals surface area contributed by atoms with E-state index in [1.165, 1.54) is 11.1 Å². The van der Waals surface area contributed by atoms with Gasteiger partial charge in [-0.2, -0.15) is 5.10 Å². The quantitative estimate of drug-likeness (QED) is 0.884. The van der Waals surface area contributed by atoms with Crippen molar-refractivity contribution in [3.8, 4) is 0 Å². The van der Waals surface area contributed by atoms with Gasteiger partial charge >= 0.3 is 0 Å². The van der Waals surface area contributed by atoms with E-state index in [9.17, 15) is 0 Å². The number of hydrogen-bond acceptors (Lipinski definition) is 3. The molecule has 1 atom stereocenters. The SMILES string of the molecule is CNC(c1c(C)oc(C)c1C)c1ccnn1C. The largest absolute Gasteiger partial charge is 0.466 e. The molecule has 1 unspecified atom stereocenters. The second-order valence-corrected chi connectivity index (χ2v) is 4.35. The molecule has 92 valence electrons. The van der Waals surface area contributed by atoms with E-state index in [0.29, 0.717) is 0 Å². The number of furan rings is 1. The molecule has 2 aromatic rings. The fraction of sp³-hybridized carbons (Fsp3) is 0.462. The van der Waals surface area contributed by atoms with Crippen LogP contribution in [0.5, 0.6) is 0 Å². The molecule has 0 bridgehead atoms. The van der Waals surface area contributed by atoms with Gasteiger partial charge in [-0.1, -0.05) is 0 Å². The molecule has 1 N–H and O–H groups in total. The fourth-order valence-corrected chi connectivity index (χ4v) is 2.34. The molecule has 0 aliphatic rings. The maximum absolute atomic E-state index is 5.70. The van der Waals surface area contributed by atoms with Crippen LogP contribution in [-0.4, -0.2) is 16.8 Å². The Morgan fingerprint density at radius 1 is 1.29 bits per heavy atom. The Morgan fingerprint density at radius 2 is 2.00 bits per heavy atom. The fourth-order valence-electron chi connectivity index (χ4n) is 2.34. The van der Waals surface area contributed by atoms with Crippen LogP contribution >= 0.6 is 0 Å². The monoisotopic (exact) mass is 233 g/mol. The van der Waals surface area contributed by atoms with Gasteiger partial charge in [0.1, 0.15) is 11.5 Å². The lowest BCUT2D eigenvalue weighted by Gasteiger charge is -2.17. The van der Waals surface area contributed by atoms with Crippen LogP contribution in [0.1, 0.15) is 34.4 Å². The molecule has 4 nitrogen and oxygen atoms in total. The van der Waals surface area contributed by atoms with Crippen molar-refractivity contribution in [1.82, 2.24) is 15.1 Å². The zero-order valence-corrected chi connectivity index (χ0v) is 11.0. The van der Waals surface area contributed by atoms with E-state index < -0.39 is 0 Å². The molecule has 0 aromatic carbocycles. The Labute approximate surface area is 102 Å². The molecule has 0 saturated heterocycles. The second kappa shape index (κ2) is 4.37. The zero-order valence-electron chi connectivity index (χ0n) is 11.0. The van der Waals surface area contributed by atoms with Crippen LogP contribution in [-0.2, 0) is 7.05 Å². The van der Waals surface area contributed by atoms with Crippen molar-refractivity contribution < 1.29 is 4.42 Å². The van der Waals surface area contributed by atoms with Crippen LogP contribution in [0.15, 0.2) is 16.7 Å². The van der Waals surface area contributed by atoms with Crippen LogP contribution in [0.3, 0.4) is 0 Å². The average Bonchev–Trinajstić information content (AvgIpc) is 2.79. The number of rotatable bonds is 3. The van der Waals surface area contributed by atoms with Crippen molar-refractivity contribution >= 4 is 0 Å². The minimum Gasteiger partial charge on any atom is -0.466 e. The van der Waals surface area contributed by atoms with E-state index in [0.717, 1.165) is 17.2 Å². The van der Waals surface area contributed by atoms with Gasteiger partial charge < -0.3 is 9.73 Å². The van der Waals surface area contributed by atoms with E-state index in [4.69, 9.17) is 4.42 Å². The second-order valence-electron chi connectivity index (χ2n) is 4.35. The normalized spacial score (nSPS) is 13.0. The van der Waals surface area contributed by atoms with E-state index in [2.05, 4.69) is 17.3 Å². The summed E-state index contributed by atoms with van der Waals surface area (Å²) in [5.41, 5.74) is 3.57. The summed E-state index contributed by atoms with van der Waals surface area (Å²) in [4.78, 5) is 0. The molecule has 0 spiro atoms. The first-order valence-corrected chi connectivity index (χ1v) is 5.78. The summed E-state index contributed by atoms with van der Waals surface area (Å²) < 4.78 is 7.59. The van der Waals surface area contributed by atoms with Gasteiger partial charge in [0, 0.05) is 18.8 Å². The maximum atomic E-state index is 5.70. The Kier molecular flexibility index (Phi) is 3.07. The van der Waals surface area contributed by atoms with Crippen molar-refractivity contribution in [1.29, 1.82) is 0 Å². The lowest BCUT2D eigenvalue weighted by Crippen LogP contribution is -2.21. The summed E-state index contributed by atoms with van der Waals surface area (Å²) >= 11 is 0. The van der Waals surface area contributed by atoms with Crippen LogP contribution in [0.25, 0.3) is 0 Å². The molecule has 0 fully saturated rings. The van der Waals surface area contributed by atoms with Gasteiger partial charge in [0.15, 0.2) is 0 Å². The Bertz CT molecular complexity index is 525. The molecule has 0 saturated carbocycles. The van der Waals surface area contributed by atoms with E-state index in [1.807, 2.05) is 44.9 Å². The Balaban J connectivity index is 2.53. The van der Waals surface area contributed by atoms with Crippen LogP contribution in [0, 0.1) is 20.8 Å². The molecule has 2 heterocycles. The zero-order chi connectivity index (χ0) is 12.6. The smallest absolute Gasteiger partial charge is 0.106 e. The van der Waals surface area contributed by atoms with Crippen molar-refractivity contribution in [2.75, 3.05) is 7.05 Å². The highest BCUT2D eigenvalue weighted by molar-refractivity contribution is 5.38. The Hall–Kier alpha value is -1.55. The third kappa shape index (κ3) is 1.89. The molecule has 0 radical (unpaired) electrons. The minimum atomic E-state index is 0.125. The molecule has 2 rings (SSSR count). The van der Waals surface area contributed by atoms with Crippen LogP contribution in [0.2, 0.25) is 0 Å². The molecule has 0 aliphatic heterocycles. The summed E-state index contributed by atoms with van der Waals surface area (Å²) in [5, 5.41) is 7.56. The summed E-state index contributed by atoms with van der Waals surface area (Å²) in [6, 6.07) is 2.16. The van der Waals surface area contributed by atoms with Crippen LogP contribution in [0.4, 0.5) is 0 Å². The van der Waals surface area contributed by atoms with Crippen molar-refractivity contribution in [2.24, 2.45) is 7.05 Å². The summed E-state index contributed by atoms with van der Waals surface area (Å²) in [6.07, 6.45) is 1.82. The van der Waals surface area contributed by atoms with Gasteiger partial charge in [-0.25, -0.2) is 0 Å². The van der Waals surface area contributed by atoms with E-state index in [1.54, 1.807) is 0 Å². The van der Waals surface area contributed by atoms with Crippen molar-refractivity contribution in [2.45, 2.75) is 26.8 Å². The van der Waals surface area contributed by atoms with Crippen LogP contribution < -0.4 is 5.32 Å². The van der Waals surface area contributed by atoms with Crippen molar-refractivity contribution in [3.05, 3.63) is 40.6 Å². The molecular weight excluding hydrogens is 214 g/mol. The molecule has 0 amide bonds. The highest BCUT2D eigenvalue weighted by atomic mass is 16.3. The summed E-state index contributed by atoms with van der Waals surface area (Å²) in [6.45, 7) is 6.11. The van der Waals surface area contributed by atoms with Gasteiger partial charge in [-0.15, -0.1) is 0 Å². The minimum absolute atomic E-state index is 0.125. The molecular formula is C13H19N3O. The number of aromatic nitrogens is 2. The van der Waals surface area contributed by atoms with Gasteiger partial charge in [0.05, 0.1) is 11.7 Å². The molecule has 4 heteroatoms. The third-order valence-corrected chi connectivity index (χ3v) is 3.35. The predicted molar refractivity (Wildman–Crippen MR) is 67.0 cm³/mol.